The topological polar surface area (TPSA) is 58.0 Å². The fourth-order valence-corrected chi connectivity index (χ4v) is 1.40. The highest BCUT2D eigenvalue weighted by Gasteiger charge is 2.17. The number of hydrogen-bond acceptors (Lipinski definition) is 4. The predicted molar refractivity (Wildman–Crippen MR) is 49.5 cm³/mol. The lowest BCUT2D eigenvalue weighted by molar-refractivity contribution is 0.332. The van der Waals surface area contributed by atoms with Crippen LogP contribution in [0.15, 0.2) is 12.5 Å². The molecule has 4 nitrogen and oxygen atoms in total. The molecule has 0 unspecified atom stereocenters. The Balaban J connectivity index is 1.89. The Labute approximate surface area is 77.0 Å². The number of nitrogens with zero attached hydrogens (tertiary/aromatic N) is 2. The second-order valence-corrected chi connectivity index (χ2v) is 3.43. The summed E-state index contributed by atoms with van der Waals surface area (Å²) in [5.74, 6) is 1.43. The molecule has 2 N–H and O–H groups in total. The molecule has 13 heavy (non-hydrogen) atoms. The highest BCUT2D eigenvalue weighted by atomic mass is 16.3. The highest BCUT2D eigenvalue weighted by Crippen LogP contribution is 2.27. The van der Waals surface area contributed by atoms with Crippen molar-refractivity contribution >= 4 is 5.82 Å². The van der Waals surface area contributed by atoms with E-state index in [9.17, 15) is 5.11 Å². The van der Waals surface area contributed by atoms with E-state index in [4.69, 9.17) is 0 Å². The van der Waals surface area contributed by atoms with E-state index in [0.29, 0.717) is 5.82 Å². The van der Waals surface area contributed by atoms with Gasteiger partial charge in [-0.05, 0) is 18.8 Å². The standard InChI is InChI=1S/C9H13N3O/c13-8-5-10-6-12-9(8)11-4-7-2-1-3-7/h5-7,13H,1-4H2,(H,10,11,12). The maximum Gasteiger partial charge on any atom is 0.176 e. The number of nitrogens with one attached hydrogen (secondary N) is 1. The van der Waals surface area contributed by atoms with Gasteiger partial charge in [0.05, 0.1) is 6.20 Å². The van der Waals surface area contributed by atoms with Crippen LogP contribution in [0.4, 0.5) is 5.82 Å². The summed E-state index contributed by atoms with van der Waals surface area (Å²) in [6.07, 6.45) is 6.75. The minimum Gasteiger partial charge on any atom is -0.503 e. The Hall–Kier alpha value is -1.32. The summed E-state index contributed by atoms with van der Waals surface area (Å²) in [5, 5.41) is 12.4. The third kappa shape index (κ3) is 1.88. The molecule has 1 aliphatic rings. The van der Waals surface area contributed by atoms with Crippen LogP contribution in [-0.2, 0) is 0 Å². The molecular weight excluding hydrogens is 166 g/mol. The van der Waals surface area contributed by atoms with Crippen molar-refractivity contribution in [3.63, 3.8) is 0 Å². The van der Waals surface area contributed by atoms with Gasteiger partial charge in [0, 0.05) is 6.54 Å². The molecule has 0 atom stereocenters. The highest BCUT2D eigenvalue weighted by molar-refractivity contribution is 5.46. The first-order valence-corrected chi connectivity index (χ1v) is 4.59. The zero-order chi connectivity index (χ0) is 9.10. The summed E-state index contributed by atoms with van der Waals surface area (Å²) in [6.45, 7) is 0.907. The van der Waals surface area contributed by atoms with Gasteiger partial charge in [0.2, 0.25) is 0 Å². The van der Waals surface area contributed by atoms with E-state index < -0.39 is 0 Å². The summed E-state index contributed by atoms with van der Waals surface area (Å²) in [5.41, 5.74) is 0. The molecule has 1 saturated carbocycles. The Morgan fingerprint density at radius 2 is 2.38 bits per heavy atom. The normalized spacial score (nSPS) is 16.6. The van der Waals surface area contributed by atoms with Crippen LogP contribution in [0.1, 0.15) is 19.3 Å². The van der Waals surface area contributed by atoms with Gasteiger partial charge in [-0.2, -0.15) is 0 Å². The van der Waals surface area contributed by atoms with Gasteiger partial charge in [-0.1, -0.05) is 6.42 Å². The first-order valence-electron chi connectivity index (χ1n) is 4.59. The van der Waals surface area contributed by atoms with Crippen LogP contribution in [0.5, 0.6) is 5.75 Å². The van der Waals surface area contributed by atoms with Gasteiger partial charge in [-0.25, -0.2) is 9.97 Å². The fourth-order valence-electron chi connectivity index (χ4n) is 1.40. The van der Waals surface area contributed by atoms with Crippen molar-refractivity contribution in [3.8, 4) is 5.75 Å². The van der Waals surface area contributed by atoms with Gasteiger partial charge in [-0.15, -0.1) is 0 Å². The molecule has 0 amide bonds. The third-order valence-corrected chi connectivity index (χ3v) is 2.48. The Morgan fingerprint density at radius 3 is 3.00 bits per heavy atom. The van der Waals surface area contributed by atoms with Gasteiger partial charge < -0.3 is 10.4 Å². The lowest BCUT2D eigenvalue weighted by Gasteiger charge is -2.25. The van der Waals surface area contributed by atoms with E-state index in [1.807, 2.05) is 0 Å². The molecule has 1 fully saturated rings. The largest absolute Gasteiger partial charge is 0.503 e. The van der Waals surface area contributed by atoms with Crippen LogP contribution >= 0.6 is 0 Å². The van der Waals surface area contributed by atoms with E-state index in [2.05, 4.69) is 15.3 Å². The van der Waals surface area contributed by atoms with Crippen molar-refractivity contribution in [1.82, 2.24) is 9.97 Å². The maximum atomic E-state index is 9.33. The van der Waals surface area contributed by atoms with E-state index in [-0.39, 0.29) is 5.75 Å². The Kier molecular flexibility index (Phi) is 2.29. The molecule has 1 heterocycles. The number of hydrogen-bond donors (Lipinski definition) is 2. The van der Waals surface area contributed by atoms with Crippen LogP contribution in [0, 0.1) is 5.92 Å². The lowest BCUT2D eigenvalue weighted by atomic mass is 9.85. The average molecular weight is 179 g/mol. The molecule has 2 rings (SSSR count). The monoisotopic (exact) mass is 179 g/mol. The quantitative estimate of drug-likeness (QED) is 0.736. The predicted octanol–water partition coefficient (Wildman–Crippen LogP) is 1.39. The van der Waals surface area contributed by atoms with E-state index in [1.165, 1.54) is 31.8 Å². The summed E-state index contributed by atoms with van der Waals surface area (Å²) in [4.78, 5) is 7.64. The number of aromatic hydroxyl groups is 1. The van der Waals surface area contributed by atoms with Crippen molar-refractivity contribution < 1.29 is 5.11 Å². The zero-order valence-electron chi connectivity index (χ0n) is 7.40. The minimum atomic E-state index is 0.127. The molecule has 1 aromatic heterocycles. The molecule has 0 saturated heterocycles. The van der Waals surface area contributed by atoms with Crippen molar-refractivity contribution in [2.24, 2.45) is 5.92 Å². The maximum absolute atomic E-state index is 9.33. The van der Waals surface area contributed by atoms with Crippen LogP contribution < -0.4 is 5.32 Å². The van der Waals surface area contributed by atoms with Crippen molar-refractivity contribution in [2.45, 2.75) is 19.3 Å². The summed E-state index contributed by atoms with van der Waals surface area (Å²) in [6, 6.07) is 0. The fraction of sp³-hybridized carbons (Fsp3) is 0.556. The first kappa shape index (κ1) is 8.29. The molecule has 0 radical (unpaired) electrons. The second kappa shape index (κ2) is 3.60. The first-order chi connectivity index (χ1) is 6.36. The third-order valence-electron chi connectivity index (χ3n) is 2.48. The van der Waals surface area contributed by atoms with E-state index >= 15 is 0 Å². The molecule has 1 aromatic rings. The van der Waals surface area contributed by atoms with Crippen LogP contribution in [0.2, 0.25) is 0 Å². The zero-order valence-corrected chi connectivity index (χ0v) is 7.40. The molecule has 4 heteroatoms. The molecular formula is C9H13N3O. The van der Waals surface area contributed by atoms with Crippen LogP contribution in [0.25, 0.3) is 0 Å². The van der Waals surface area contributed by atoms with E-state index in [1.54, 1.807) is 0 Å². The summed E-state index contributed by atoms with van der Waals surface area (Å²) >= 11 is 0. The van der Waals surface area contributed by atoms with Gasteiger partial charge >= 0.3 is 0 Å². The molecule has 0 aliphatic heterocycles. The van der Waals surface area contributed by atoms with E-state index in [0.717, 1.165) is 12.5 Å². The Morgan fingerprint density at radius 1 is 1.54 bits per heavy atom. The van der Waals surface area contributed by atoms with Gasteiger partial charge in [-0.3, -0.25) is 0 Å². The molecule has 0 bridgehead atoms. The van der Waals surface area contributed by atoms with Gasteiger partial charge in [0.25, 0.3) is 0 Å². The number of aromatic nitrogens is 2. The van der Waals surface area contributed by atoms with Crippen molar-refractivity contribution in [1.29, 1.82) is 0 Å². The lowest BCUT2D eigenvalue weighted by Crippen LogP contribution is -2.21. The van der Waals surface area contributed by atoms with Crippen molar-refractivity contribution in [2.75, 3.05) is 11.9 Å². The summed E-state index contributed by atoms with van der Waals surface area (Å²) < 4.78 is 0. The molecule has 70 valence electrons. The SMILES string of the molecule is Oc1cncnc1NCC1CCC1. The van der Waals surface area contributed by atoms with Gasteiger partial charge in [0.15, 0.2) is 11.6 Å². The smallest absolute Gasteiger partial charge is 0.176 e. The van der Waals surface area contributed by atoms with Gasteiger partial charge in [0.1, 0.15) is 6.33 Å². The molecule has 0 spiro atoms. The molecule has 1 aliphatic carbocycles. The van der Waals surface area contributed by atoms with Crippen LogP contribution in [0.3, 0.4) is 0 Å². The number of rotatable bonds is 3. The number of anilines is 1. The van der Waals surface area contributed by atoms with Crippen LogP contribution in [-0.4, -0.2) is 21.6 Å². The summed E-state index contributed by atoms with van der Waals surface area (Å²) in [7, 11) is 0. The molecule has 0 aromatic carbocycles. The minimum absolute atomic E-state index is 0.127. The second-order valence-electron chi connectivity index (χ2n) is 3.43. The van der Waals surface area contributed by atoms with Crippen molar-refractivity contribution in [3.05, 3.63) is 12.5 Å². The Bertz CT molecular complexity index is 286. The average Bonchev–Trinajstić information content (AvgIpc) is 2.05.